The maximum Gasteiger partial charge on any atom is 0.253 e. The molecule has 2 bridgehead atoms. The number of anilines is 1. The van der Waals surface area contributed by atoms with Crippen molar-refractivity contribution in [3.05, 3.63) is 77.9 Å². The number of fused-ring (bicyclic) bond motifs is 5. The number of rotatable bonds is 4. The highest BCUT2D eigenvalue weighted by atomic mass is 16.2. The van der Waals surface area contributed by atoms with E-state index in [0.29, 0.717) is 17.2 Å². The molecule has 2 saturated heterocycles. The molecule has 5 heteroatoms. The van der Waals surface area contributed by atoms with Crippen LogP contribution in [0.2, 0.25) is 0 Å². The zero-order chi connectivity index (χ0) is 22.5. The Bertz CT molecular complexity index is 1100. The lowest BCUT2D eigenvalue weighted by Gasteiger charge is -2.32. The number of hydrogen-bond donors (Lipinski definition) is 0. The second-order valence-corrected chi connectivity index (χ2v) is 9.99. The second kappa shape index (κ2) is 7.98. The molecule has 2 aromatic rings. The Labute approximate surface area is 194 Å². The van der Waals surface area contributed by atoms with Crippen molar-refractivity contribution in [1.82, 2.24) is 4.90 Å². The van der Waals surface area contributed by atoms with Gasteiger partial charge in [0.1, 0.15) is 0 Å². The quantitative estimate of drug-likeness (QED) is 0.532. The van der Waals surface area contributed by atoms with Crippen molar-refractivity contribution in [2.24, 2.45) is 29.6 Å². The van der Waals surface area contributed by atoms with Gasteiger partial charge in [-0.2, -0.15) is 0 Å². The summed E-state index contributed by atoms with van der Waals surface area (Å²) in [6.07, 6.45) is 8.14. The third-order valence-electron chi connectivity index (χ3n) is 8.09. The zero-order valence-corrected chi connectivity index (χ0v) is 18.6. The van der Waals surface area contributed by atoms with Gasteiger partial charge in [0.25, 0.3) is 5.91 Å². The van der Waals surface area contributed by atoms with E-state index in [0.717, 1.165) is 38.8 Å². The van der Waals surface area contributed by atoms with Gasteiger partial charge in [0.2, 0.25) is 11.8 Å². The van der Waals surface area contributed by atoms with Gasteiger partial charge in [-0.05, 0) is 67.2 Å². The Kier molecular flexibility index (Phi) is 4.93. The van der Waals surface area contributed by atoms with Gasteiger partial charge in [-0.3, -0.25) is 14.4 Å². The number of piperidine rings is 1. The van der Waals surface area contributed by atoms with Gasteiger partial charge in [0, 0.05) is 18.7 Å². The number of allylic oxidation sites excluding steroid dienone is 2. The van der Waals surface area contributed by atoms with Crippen molar-refractivity contribution >= 4 is 23.4 Å². The summed E-state index contributed by atoms with van der Waals surface area (Å²) < 4.78 is 0. The predicted octanol–water partition coefficient (Wildman–Crippen LogP) is 4.09. The lowest BCUT2D eigenvalue weighted by molar-refractivity contribution is -0.123. The summed E-state index contributed by atoms with van der Waals surface area (Å²) in [6.45, 7) is 1.47. The van der Waals surface area contributed by atoms with Crippen molar-refractivity contribution < 1.29 is 14.4 Å². The smallest absolute Gasteiger partial charge is 0.253 e. The molecule has 0 aromatic heterocycles. The fourth-order valence-corrected chi connectivity index (χ4v) is 6.41. The molecule has 4 atom stereocenters. The average Bonchev–Trinajstić information content (AvgIpc) is 3.53. The Morgan fingerprint density at radius 1 is 0.848 bits per heavy atom. The normalized spacial score (nSPS) is 28.6. The summed E-state index contributed by atoms with van der Waals surface area (Å²) in [6, 6.07) is 17.6. The Morgan fingerprint density at radius 2 is 1.52 bits per heavy atom. The van der Waals surface area contributed by atoms with Gasteiger partial charge in [0.15, 0.2) is 0 Å². The van der Waals surface area contributed by atoms with Crippen LogP contribution in [0.25, 0.3) is 0 Å². The van der Waals surface area contributed by atoms with E-state index in [1.54, 1.807) is 24.3 Å². The van der Waals surface area contributed by atoms with Crippen LogP contribution in [0, 0.1) is 29.6 Å². The summed E-state index contributed by atoms with van der Waals surface area (Å²) in [5, 5.41) is 0. The fraction of sp³-hybridized carbons (Fsp3) is 0.393. The highest BCUT2D eigenvalue weighted by Crippen LogP contribution is 2.53. The molecule has 3 amide bonds. The number of benzene rings is 2. The van der Waals surface area contributed by atoms with E-state index < -0.39 is 0 Å². The fourth-order valence-electron chi connectivity index (χ4n) is 6.41. The van der Waals surface area contributed by atoms with Crippen LogP contribution in [0.15, 0.2) is 66.7 Å². The van der Waals surface area contributed by atoms with Crippen molar-refractivity contribution in [1.29, 1.82) is 0 Å². The summed E-state index contributed by atoms with van der Waals surface area (Å²) in [5.41, 5.74) is 2.43. The SMILES string of the molecule is O=C(c1cccc(N2C(=O)[C@@H]3[C@H](C2=O)[C@H]2C=C[C@H]3C2)c1)N1CCC(Cc2ccccc2)CC1. The maximum absolute atomic E-state index is 13.2. The largest absolute Gasteiger partial charge is 0.339 e. The van der Waals surface area contributed by atoms with E-state index in [2.05, 4.69) is 36.4 Å². The molecule has 1 saturated carbocycles. The van der Waals surface area contributed by atoms with Gasteiger partial charge < -0.3 is 4.90 Å². The predicted molar refractivity (Wildman–Crippen MR) is 125 cm³/mol. The second-order valence-electron chi connectivity index (χ2n) is 9.99. The molecular weight excluding hydrogens is 412 g/mol. The van der Waals surface area contributed by atoms with Crippen molar-refractivity contribution in [2.45, 2.75) is 25.7 Å². The molecule has 0 radical (unpaired) electrons. The number of amides is 3. The topological polar surface area (TPSA) is 57.7 Å². The molecule has 0 N–H and O–H groups in total. The van der Waals surface area contributed by atoms with Crippen molar-refractivity contribution in [3.63, 3.8) is 0 Å². The first-order chi connectivity index (χ1) is 16.1. The molecule has 0 spiro atoms. The molecule has 6 rings (SSSR count). The molecule has 0 unspecified atom stereocenters. The highest BCUT2D eigenvalue weighted by molar-refractivity contribution is 6.23. The average molecular weight is 441 g/mol. The summed E-state index contributed by atoms with van der Waals surface area (Å²) >= 11 is 0. The molecule has 2 aliphatic carbocycles. The van der Waals surface area contributed by atoms with E-state index in [4.69, 9.17) is 0 Å². The molecular formula is C28H28N2O3. The molecule has 33 heavy (non-hydrogen) atoms. The maximum atomic E-state index is 13.2. The van der Waals surface area contributed by atoms with Crippen LogP contribution in [0.4, 0.5) is 5.69 Å². The van der Waals surface area contributed by atoms with Crippen LogP contribution in [0.3, 0.4) is 0 Å². The van der Waals surface area contributed by atoms with Crippen LogP contribution in [-0.2, 0) is 16.0 Å². The van der Waals surface area contributed by atoms with Gasteiger partial charge in [-0.15, -0.1) is 0 Å². The van der Waals surface area contributed by atoms with Crippen LogP contribution in [0.5, 0.6) is 0 Å². The van der Waals surface area contributed by atoms with Gasteiger partial charge in [-0.25, -0.2) is 4.90 Å². The lowest BCUT2D eigenvalue weighted by Crippen LogP contribution is -2.39. The van der Waals surface area contributed by atoms with Gasteiger partial charge >= 0.3 is 0 Å². The number of imide groups is 1. The lowest BCUT2D eigenvalue weighted by atomic mass is 9.85. The van der Waals surface area contributed by atoms with Gasteiger partial charge in [0.05, 0.1) is 17.5 Å². The Balaban J connectivity index is 1.14. The first-order valence-corrected chi connectivity index (χ1v) is 12.1. The molecule has 168 valence electrons. The third kappa shape index (κ3) is 3.41. The summed E-state index contributed by atoms with van der Waals surface area (Å²) in [7, 11) is 0. The van der Waals surface area contributed by atoms with E-state index in [9.17, 15) is 14.4 Å². The summed E-state index contributed by atoms with van der Waals surface area (Å²) in [5.74, 6) is 0.279. The number of likely N-dealkylation sites (tertiary alicyclic amines) is 1. The molecule has 2 aromatic carbocycles. The Morgan fingerprint density at radius 3 is 2.18 bits per heavy atom. The molecule has 2 heterocycles. The molecule has 5 nitrogen and oxygen atoms in total. The minimum atomic E-state index is -0.226. The van der Waals surface area contributed by atoms with E-state index in [1.807, 2.05) is 11.0 Å². The van der Waals surface area contributed by atoms with E-state index in [1.165, 1.54) is 10.5 Å². The number of carbonyl (C=O) groups is 3. The van der Waals surface area contributed by atoms with Crippen LogP contribution in [0.1, 0.15) is 35.2 Å². The number of hydrogen-bond acceptors (Lipinski definition) is 3. The van der Waals surface area contributed by atoms with E-state index >= 15 is 0 Å². The number of carbonyl (C=O) groups excluding carboxylic acids is 3. The first-order valence-electron chi connectivity index (χ1n) is 12.1. The van der Waals surface area contributed by atoms with Crippen molar-refractivity contribution in [3.8, 4) is 0 Å². The van der Waals surface area contributed by atoms with Crippen LogP contribution in [-0.4, -0.2) is 35.7 Å². The number of nitrogens with zero attached hydrogens (tertiary/aromatic N) is 2. The summed E-state index contributed by atoms with van der Waals surface area (Å²) in [4.78, 5) is 42.7. The van der Waals surface area contributed by atoms with Crippen LogP contribution < -0.4 is 4.90 Å². The molecule has 4 aliphatic rings. The highest BCUT2D eigenvalue weighted by Gasteiger charge is 2.59. The minimum Gasteiger partial charge on any atom is -0.339 e. The third-order valence-corrected chi connectivity index (χ3v) is 8.09. The van der Waals surface area contributed by atoms with Gasteiger partial charge in [-0.1, -0.05) is 48.6 Å². The van der Waals surface area contributed by atoms with Crippen LogP contribution >= 0.6 is 0 Å². The molecule has 2 aliphatic heterocycles. The standard InChI is InChI=1S/C28H28N2O3/c31-26(29-13-11-19(12-14-29)15-18-5-2-1-3-6-18)22-7-4-8-23(17-22)30-27(32)24-20-9-10-21(16-20)25(24)28(30)33/h1-10,17,19-21,24-25H,11-16H2/t20-,21-,24-,25+/m0/s1. The monoisotopic (exact) mass is 440 g/mol. The van der Waals surface area contributed by atoms with E-state index in [-0.39, 0.29) is 41.4 Å². The zero-order valence-electron chi connectivity index (χ0n) is 18.6. The Hall–Kier alpha value is -3.21. The molecule has 3 fully saturated rings. The van der Waals surface area contributed by atoms with Crippen molar-refractivity contribution in [2.75, 3.05) is 18.0 Å². The minimum absolute atomic E-state index is 0.0176. The first kappa shape index (κ1) is 20.4.